The van der Waals surface area contributed by atoms with E-state index in [9.17, 15) is 26.8 Å². The molecule has 0 fully saturated rings. The standard InChI is InChI=1S/C16H20N4O3S.C6H14FO3P.C6H7N3O/c1-11(2)18-16(21)20-24(22,23)15-10-17-8-7-14(15)19-13-6-4-5-12(3)9-13;1-5(2)9-11(7,8)10-6(3)4;7-9-6(10)5-1-3-8-4-2-5/h4-11H,1-3H3,(H,17,19)(H2,18,20,21);5-6H,1-4H3;1-4H,7H2,(H,9,10). The summed E-state index contributed by atoms with van der Waals surface area (Å²) in [5.41, 5.74) is 4.64. The van der Waals surface area contributed by atoms with Gasteiger partial charge in [0.1, 0.15) is 4.90 Å². The Kier molecular flexibility index (Phi) is 16.3. The van der Waals surface area contributed by atoms with Crippen molar-refractivity contribution in [1.29, 1.82) is 0 Å². The van der Waals surface area contributed by atoms with Gasteiger partial charge in [-0.2, -0.15) is 0 Å². The third kappa shape index (κ3) is 16.1. The van der Waals surface area contributed by atoms with Gasteiger partial charge in [-0.15, -0.1) is 4.20 Å². The number of carbonyl (C=O) groups is 2. The molecule has 6 N–H and O–H groups in total. The van der Waals surface area contributed by atoms with E-state index in [4.69, 9.17) is 5.84 Å². The van der Waals surface area contributed by atoms with Crippen LogP contribution in [-0.2, 0) is 23.6 Å². The van der Waals surface area contributed by atoms with Gasteiger partial charge < -0.3 is 10.6 Å². The van der Waals surface area contributed by atoms with E-state index in [0.29, 0.717) is 11.3 Å². The highest BCUT2D eigenvalue weighted by molar-refractivity contribution is 7.90. The van der Waals surface area contributed by atoms with Gasteiger partial charge in [-0.3, -0.25) is 29.2 Å². The molecule has 2 aromatic heterocycles. The summed E-state index contributed by atoms with van der Waals surface area (Å²) < 4.78 is 59.1. The van der Waals surface area contributed by atoms with Crippen molar-refractivity contribution in [1.82, 2.24) is 25.4 Å². The molecule has 248 valence electrons. The average molecular weight is 670 g/mol. The molecule has 3 amide bonds. The van der Waals surface area contributed by atoms with Crippen molar-refractivity contribution in [3.05, 3.63) is 78.4 Å². The van der Waals surface area contributed by atoms with Crippen LogP contribution < -0.4 is 26.6 Å². The predicted molar refractivity (Wildman–Crippen MR) is 170 cm³/mol. The number of hydrogen-bond donors (Lipinski definition) is 5. The Morgan fingerprint density at radius 3 is 2.02 bits per heavy atom. The van der Waals surface area contributed by atoms with Crippen molar-refractivity contribution in [2.24, 2.45) is 5.84 Å². The van der Waals surface area contributed by atoms with Crippen molar-refractivity contribution in [2.75, 3.05) is 5.32 Å². The average Bonchev–Trinajstić information content (AvgIpc) is 2.92. The number of hydrogen-bond acceptors (Lipinski definition) is 11. The molecule has 0 aliphatic rings. The minimum atomic E-state index is -4.30. The van der Waals surface area contributed by atoms with Gasteiger partial charge in [0.25, 0.3) is 15.9 Å². The summed E-state index contributed by atoms with van der Waals surface area (Å²) in [6.45, 7) is 11.8. The number of rotatable bonds is 10. The molecular weight excluding hydrogens is 628 g/mol. The summed E-state index contributed by atoms with van der Waals surface area (Å²) in [4.78, 5) is 29.9. The highest BCUT2D eigenvalue weighted by Gasteiger charge is 2.26. The fraction of sp³-hybridized carbons (Fsp3) is 0.357. The van der Waals surface area contributed by atoms with Crippen LogP contribution in [0.2, 0.25) is 0 Å². The van der Waals surface area contributed by atoms with E-state index in [1.807, 2.05) is 41.3 Å². The number of carbonyl (C=O) groups excluding carboxylic acids is 2. The number of aryl methyl sites for hydroxylation is 1. The summed E-state index contributed by atoms with van der Waals surface area (Å²) in [5, 5.41) is 5.52. The molecule has 0 unspecified atom stereocenters. The summed E-state index contributed by atoms with van der Waals surface area (Å²) in [6.07, 6.45) is 4.89. The number of amides is 3. The Morgan fingerprint density at radius 2 is 1.51 bits per heavy atom. The molecule has 0 radical (unpaired) electrons. The van der Waals surface area contributed by atoms with Crippen LogP contribution in [0.4, 0.5) is 20.4 Å². The fourth-order valence-electron chi connectivity index (χ4n) is 3.16. The maximum absolute atomic E-state index is 12.7. The first-order valence-electron chi connectivity index (χ1n) is 13.6. The second-order valence-electron chi connectivity index (χ2n) is 10.0. The third-order valence-electron chi connectivity index (χ3n) is 4.76. The minimum absolute atomic E-state index is 0.106. The zero-order chi connectivity index (χ0) is 34.2. The fourth-order valence-corrected chi connectivity index (χ4v) is 5.24. The number of sulfonamides is 1. The van der Waals surface area contributed by atoms with Crippen LogP contribution in [0.5, 0.6) is 0 Å². The van der Waals surface area contributed by atoms with Crippen LogP contribution in [0.25, 0.3) is 0 Å². The number of nitrogen functional groups attached to an aromatic ring is 1. The van der Waals surface area contributed by atoms with Gasteiger partial charge in [-0.05, 0) is 84.4 Å². The Labute approximate surface area is 263 Å². The molecule has 1 aromatic carbocycles. The van der Waals surface area contributed by atoms with Crippen molar-refractivity contribution >= 4 is 41.2 Å². The molecule has 0 aliphatic carbocycles. The lowest BCUT2D eigenvalue weighted by Gasteiger charge is -2.14. The van der Waals surface area contributed by atoms with Crippen molar-refractivity contribution in [3.8, 4) is 0 Å². The Balaban J connectivity index is 0.000000398. The number of anilines is 2. The van der Waals surface area contributed by atoms with E-state index >= 15 is 0 Å². The molecule has 0 aliphatic heterocycles. The molecule has 0 bridgehead atoms. The number of benzene rings is 1. The molecule has 0 atom stereocenters. The lowest BCUT2D eigenvalue weighted by Crippen LogP contribution is -2.42. The lowest BCUT2D eigenvalue weighted by molar-refractivity contribution is 0.0953. The minimum Gasteiger partial charge on any atom is -0.354 e. The lowest BCUT2D eigenvalue weighted by atomic mass is 10.2. The summed E-state index contributed by atoms with van der Waals surface area (Å²) in [6, 6.07) is 11.3. The van der Waals surface area contributed by atoms with Gasteiger partial charge in [-0.1, -0.05) is 12.1 Å². The topological polar surface area (TPSA) is 204 Å². The Morgan fingerprint density at radius 1 is 0.933 bits per heavy atom. The van der Waals surface area contributed by atoms with E-state index < -0.39 is 36.2 Å². The predicted octanol–water partition coefficient (Wildman–Crippen LogP) is 5.13. The normalized spacial score (nSPS) is 11.1. The third-order valence-corrected chi connectivity index (χ3v) is 7.47. The summed E-state index contributed by atoms with van der Waals surface area (Å²) in [7, 11) is -8.36. The van der Waals surface area contributed by atoms with Crippen LogP contribution in [0.1, 0.15) is 57.5 Å². The number of nitrogens with one attached hydrogen (secondary N) is 4. The number of aromatic nitrogens is 2. The van der Waals surface area contributed by atoms with Gasteiger partial charge in [0, 0.05) is 42.1 Å². The number of nitrogens with two attached hydrogens (primary N) is 1. The van der Waals surface area contributed by atoms with E-state index in [1.165, 1.54) is 30.9 Å². The van der Waals surface area contributed by atoms with Crippen molar-refractivity contribution in [3.63, 3.8) is 0 Å². The van der Waals surface area contributed by atoms with E-state index in [1.54, 1.807) is 53.7 Å². The van der Waals surface area contributed by atoms with Gasteiger partial charge in [0.05, 0.1) is 17.9 Å². The van der Waals surface area contributed by atoms with Crippen molar-refractivity contribution in [2.45, 2.75) is 71.6 Å². The zero-order valence-corrected chi connectivity index (χ0v) is 27.9. The smallest absolute Gasteiger partial charge is 0.354 e. The molecule has 17 heteroatoms. The second-order valence-corrected chi connectivity index (χ2v) is 13.0. The van der Waals surface area contributed by atoms with Gasteiger partial charge >= 0.3 is 13.9 Å². The molecule has 2 heterocycles. The van der Waals surface area contributed by atoms with Crippen LogP contribution in [-0.4, -0.2) is 48.6 Å². The number of nitrogens with zero attached hydrogens (tertiary/aromatic N) is 2. The van der Waals surface area contributed by atoms with E-state index in [2.05, 4.69) is 29.6 Å². The largest absolute Gasteiger partial charge is 0.513 e. The SMILES string of the molecule is CC(C)OP(=O)(F)OC(C)C.Cc1cccc(Nc2ccncc2S(=O)(=O)NC(=O)NC(C)C)c1.NNC(=O)c1ccncc1. The molecular formula is C28H41FN7O7PS. The summed E-state index contributed by atoms with van der Waals surface area (Å²) in [5.74, 6) is 4.58. The Bertz CT molecular complexity index is 1510. The number of hydrazine groups is 1. The first-order valence-corrected chi connectivity index (χ1v) is 16.6. The highest BCUT2D eigenvalue weighted by atomic mass is 32.2. The van der Waals surface area contributed by atoms with Gasteiger partial charge in [0.2, 0.25) is 0 Å². The number of pyridine rings is 2. The molecule has 0 spiro atoms. The van der Waals surface area contributed by atoms with Gasteiger partial charge in [0.15, 0.2) is 0 Å². The molecule has 45 heavy (non-hydrogen) atoms. The maximum atomic E-state index is 12.7. The maximum Gasteiger partial charge on any atom is 0.513 e. The highest BCUT2D eigenvalue weighted by Crippen LogP contribution is 2.51. The van der Waals surface area contributed by atoms with Crippen LogP contribution in [0.15, 0.2) is 72.1 Å². The van der Waals surface area contributed by atoms with Crippen LogP contribution in [0.3, 0.4) is 0 Å². The number of urea groups is 1. The zero-order valence-electron chi connectivity index (χ0n) is 26.1. The van der Waals surface area contributed by atoms with E-state index in [-0.39, 0.29) is 16.8 Å². The second kappa shape index (κ2) is 18.8. The van der Waals surface area contributed by atoms with Crippen molar-refractivity contribution < 1.29 is 35.8 Å². The molecule has 0 saturated heterocycles. The van der Waals surface area contributed by atoms with E-state index in [0.717, 1.165) is 11.3 Å². The monoisotopic (exact) mass is 669 g/mol. The summed E-state index contributed by atoms with van der Waals surface area (Å²) >= 11 is 0. The van der Waals surface area contributed by atoms with Crippen LogP contribution >= 0.6 is 7.91 Å². The molecule has 0 saturated carbocycles. The number of halogens is 1. The molecule has 3 rings (SSSR count). The Hall–Kier alpha value is -3.95. The first kappa shape index (κ1) is 39.1. The van der Waals surface area contributed by atoms with Crippen LogP contribution in [0, 0.1) is 6.92 Å². The molecule has 3 aromatic rings. The first-order chi connectivity index (χ1) is 21.0. The molecule has 14 nitrogen and oxygen atoms in total. The van der Waals surface area contributed by atoms with Gasteiger partial charge in [-0.25, -0.2) is 28.3 Å². The quantitative estimate of drug-likeness (QED) is 0.0828.